The van der Waals surface area contributed by atoms with Gasteiger partial charge in [-0.05, 0) is 31.0 Å². The Morgan fingerprint density at radius 3 is 2.19 bits per heavy atom. The lowest BCUT2D eigenvalue weighted by molar-refractivity contribution is -0.122. The Bertz CT molecular complexity index is 852. The Hall–Kier alpha value is -2.67. The van der Waals surface area contributed by atoms with Crippen molar-refractivity contribution in [3.63, 3.8) is 0 Å². The van der Waals surface area contributed by atoms with Crippen LogP contribution < -0.4 is 10.6 Å². The van der Waals surface area contributed by atoms with Crippen LogP contribution in [-0.2, 0) is 20.4 Å². The first kappa shape index (κ1) is 20.6. The van der Waals surface area contributed by atoms with Gasteiger partial charge in [0.1, 0.15) is 6.04 Å². The lowest BCUT2D eigenvalue weighted by Gasteiger charge is -2.14. The third-order valence-corrected chi connectivity index (χ3v) is 5.62. The van der Waals surface area contributed by atoms with Gasteiger partial charge in [-0.2, -0.15) is 0 Å². The van der Waals surface area contributed by atoms with Gasteiger partial charge in [0.2, 0.25) is 5.91 Å². The molecule has 0 aromatic heterocycles. The number of amides is 2. The Morgan fingerprint density at radius 1 is 0.963 bits per heavy atom. The van der Waals surface area contributed by atoms with Gasteiger partial charge in [-0.3, -0.25) is 9.59 Å². The lowest BCUT2D eigenvalue weighted by atomic mass is 10.2. The number of hydrogen-bond acceptors (Lipinski definition) is 4. The van der Waals surface area contributed by atoms with Gasteiger partial charge in [-0.25, -0.2) is 8.42 Å². The van der Waals surface area contributed by atoms with E-state index in [-0.39, 0.29) is 29.9 Å². The number of sulfone groups is 1. The summed E-state index contributed by atoms with van der Waals surface area (Å²) in [5.74, 6) is -0.693. The van der Waals surface area contributed by atoms with Crippen molar-refractivity contribution in [3.05, 3.63) is 71.8 Å². The van der Waals surface area contributed by atoms with E-state index in [0.717, 1.165) is 5.56 Å². The zero-order chi connectivity index (χ0) is 19.7. The normalized spacial score (nSPS) is 12.2. The predicted octanol–water partition coefficient (Wildman–Crippen LogP) is 1.93. The second-order valence-electron chi connectivity index (χ2n) is 6.28. The molecule has 2 aromatic rings. The molecule has 7 heteroatoms. The Balaban J connectivity index is 1.71. The maximum absolute atomic E-state index is 12.1. The van der Waals surface area contributed by atoms with Crippen molar-refractivity contribution >= 4 is 21.7 Å². The second kappa shape index (κ2) is 9.87. The fourth-order valence-electron chi connectivity index (χ4n) is 2.49. The molecule has 0 aliphatic heterocycles. The number of carbonyl (C=O) groups is 2. The van der Waals surface area contributed by atoms with Crippen LogP contribution in [0.4, 0.5) is 0 Å². The quantitative estimate of drug-likeness (QED) is 0.642. The maximum atomic E-state index is 12.1. The number of rotatable bonds is 9. The molecule has 2 aromatic carbocycles. The van der Waals surface area contributed by atoms with Crippen LogP contribution in [0.5, 0.6) is 0 Å². The van der Waals surface area contributed by atoms with Crippen LogP contribution in [0.2, 0.25) is 0 Å². The average Bonchev–Trinajstić information content (AvgIpc) is 2.66. The smallest absolute Gasteiger partial charge is 0.251 e. The molecule has 0 aliphatic carbocycles. The van der Waals surface area contributed by atoms with E-state index in [1.807, 2.05) is 6.07 Å². The number of carbonyl (C=O) groups excluding carboxylic acids is 2. The van der Waals surface area contributed by atoms with Crippen molar-refractivity contribution in [2.75, 3.05) is 12.3 Å². The minimum absolute atomic E-state index is 0.00701. The van der Waals surface area contributed by atoms with Crippen molar-refractivity contribution < 1.29 is 18.0 Å². The zero-order valence-corrected chi connectivity index (χ0v) is 16.0. The van der Waals surface area contributed by atoms with Crippen molar-refractivity contribution in [1.82, 2.24) is 10.6 Å². The highest BCUT2D eigenvalue weighted by Crippen LogP contribution is 2.07. The summed E-state index contributed by atoms with van der Waals surface area (Å²) in [4.78, 5) is 24.1. The van der Waals surface area contributed by atoms with Crippen molar-refractivity contribution in [2.24, 2.45) is 0 Å². The molecule has 27 heavy (non-hydrogen) atoms. The van der Waals surface area contributed by atoms with E-state index in [2.05, 4.69) is 10.6 Å². The molecule has 1 unspecified atom stereocenters. The standard InChI is InChI=1S/C20H24N2O4S/c1-16(22-20(24)18-11-6-3-7-12-18)19(23)21-13-8-14-27(25,26)15-17-9-4-2-5-10-17/h2-7,9-12,16H,8,13-15H2,1H3,(H,21,23)(H,22,24). The van der Waals surface area contributed by atoms with Gasteiger partial charge < -0.3 is 10.6 Å². The summed E-state index contributed by atoms with van der Waals surface area (Å²) in [6.07, 6.45) is 0.320. The molecular formula is C20H24N2O4S. The van der Waals surface area contributed by atoms with Crippen LogP contribution in [0.15, 0.2) is 60.7 Å². The van der Waals surface area contributed by atoms with E-state index in [0.29, 0.717) is 12.0 Å². The summed E-state index contributed by atoms with van der Waals surface area (Å²) in [5.41, 5.74) is 1.22. The van der Waals surface area contributed by atoms with Crippen molar-refractivity contribution in [3.8, 4) is 0 Å². The van der Waals surface area contributed by atoms with E-state index >= 15 is 0 Å². The summed E-state index contributed by atoms with van der Waals surface area (Å²) in [5, 5.41) is 5.27. The van der Waals surface area contributed by atoms with Gasteiger partial charge in [0.15, 0.2) is 9.84 Å². The van der Waals surface area contributed by atoms with E-state index in [1.165, 1.54) is 0 Å². The molecule has 2 rings (SSSR count). The highest BCUT2D eigenvalue weighted by atomic mass is 32.2. The summed E-state index contributed by atoms with van der Waals surface area (Å²) in [6, 6.07) is 16.9. The molecule has 0 heterocycles. The number of nitrogens with one attached hydrogen (secondary N) is 2. The van der Waals surface area contributed by atoms with Crippen LogP contribution in [-0.4, -0.2) is 38.6 Å². The van der Waals surface area contributed by atoms with E-state index in [1.54, 1.807) is 61.5 Å². The van der Waals surface area contributed by atoms with Gasteiger partial charge in [0.25, 0.3) is 5.91 Å². The van der Waals surface area contributed by atoms with Crippen LogP contribution in [0.1, 0.15) is 29.3 Å². The molecule has 6 nitrogen and oxygen atoms in total. The number of hydrogen-bond donors (Lipinski definition) is 2. The van der Waals surface area contributed by atoms with Gasteiger partial charge in [0, 0.05) is 12.1 Å². The first-order valence-electron chi connectivity index (χ1n) is 8.75. The molecule has 0 radical (unpaired) electrons. The molecule has 0 bridgehead atoms. The molecule has 0 spiro atoms. The Labute approximate surface area is 159 Å². The maximum Gasteiger partial charge on any atom is 0.251 e. The molecule has 0 aliphatic rings. The first-order chi connectivity index (χ1) is 12.9. The molecule has 0 saturated heterocycles. The fraction of sp³-hybridized carbons (Fsp3) is 0.300. The monoisotopic (exact) mass is 388 g/mol. The third kappa shape index (κ3) is 7.22. The van der Waals surface area contributed by atoms with Crippen LogP contribution >= 0.6 is 0 Å². The summed E-state index contributed by atoms with van der Waals surface area (Å²) in [6.45, 7) is 1.82. The highest BCUT2D eigenvalue weighted by Gasteiger charge is 2.17. The average molecular weight is 388 g/mol. The van der Waals surface area contributed by atoms with Gasteiger partial charge >= 0.3 is 0 Å². The van der Waals surface area contributed by atoms with E-state index in [4.69, 9.17) is 0 Å². The predicted molar refractivity (Wildman–Crippen MR) is 105 cm³/mol. The van der Waals surface area contributed by atoms with Crippen LogP contribution in [0, 0.1) is 0 Å². The second-order valence-corrected chi connectivity index (χ2v) is 8.47. The minimum Gasteiger partial charge on any atom is -0.354 e. The zero-order valence-electron chi connectivity index (χ0n) is 15.2. The SMILES string of the molecule is CC(NC(=O)c1ccccc1)C(=O)NCCCS(=O)(=O)Cc1ccccc1. The summed E-state index contributed by atoms with van der Waals surface area (Å²) in [7, 11) is -3.23. The van der Waals surface area contributed by atoms with Gasteiger partial charge in [-0.1, -0.05) is 48.5 Å². The van der Waals surface area contributed by atoms with E-state index in [9.17, 15) is 18.0 Å². The lowest BCUT2D eigenvalue weighted by Crippen LogP contribution is -2.45. The first-order valence-corrected chi connectivity index (χ1v) is 10.6. The topological polar surface area (TPSA) is 92.3 Å². The molecule has 1 atom stereocenters. The van der Waals surface area contributed by atoms with Crippen LogP contribution in [0.25, 0.3) is 0 Å². The molecular weight excluding hydrogens is 364 g/mol. The fourth-order valence-corrected chi connectivity index (χ4v) is 3.92. The third-order valence-electron chi connectivity index (χ3n) is 3.94. The Kier molecular flexibility index (Phi) is 7.55. The largest absolute Gasteiger partial charge is 0.354 e. The van der Waals surface area contributed by atoms with Crippen molar-refractivity contribution in [2.45, 2.75) is 25.1 Å². The summed E-state index contributed by atoms with van der Waals surface area (Å²) >= 11 is 0. The van der Waals surface area contributed by atoms with Gasteiger partial charge in [-0.15, -0.1) is 0 Å². The minimum atomic E-state index is -3.23. The molecule has 2 amide bonds. The Morgan fingerprint density at radius 2 is 1.56 bits per heavy atom. The molecule has 144 valence electrons. The highest BCUT2D eigenvalue weighted by molar-refractivity contribution is 7.90. The molecule has 0 fully saturated rings. The van der Waals surface area contributed by atoms with E-state index < -0.39 is 15.9 Å². The molecule has 0 saturated carbocycles. The van der Waals surface area contributed by atoms with Crippen molar-refractivity contribution in [1.29, 1.82) is 0 Å². The number of benzene rings is 2. The summed E-state index contributed by atoms with van der Waals surface area (Å²) < 4.78 is 24.2. The van der Waals surface area contributed by atoms with Gasteiger partial charge in [0.05, 0.1) is 11.5 Å². The molecule has 2 N–H and O–H groups in total. The van der Waals surface area contributed by atoms with Crippen LogP contribution in [0.3, 0.4) is 0 Å².